The smallest absolute Gasteiger partial charge is 0.330 e. The highest BCUT2D eigenvalue weighted by Crippen LogP contribution is 2.15. The Balaban J connectivity index is -0.000000230. The van der Waals surface area contributed by atoms with Crippen LogP contribution in [0.1, 0.15) is 230 Å². The number of carbonyl (C=O) groups is 7. The molecule has 0 saturated carbocycles. The number of allylic oxidation sites excluding steroid dienone is 1. The van der Waals surface area contributed by atoms with Gasteiger partial charge in [0.25, 0.3) is 0 Å². The molecule has 0 aromatic heterocycles. The Morgan fingerprint density at radius 3 is 1.25 bits per heavy atom. The highest BCUT2D eigenvalue weighted by molar-refractivity contribution is 6.66. The largest absolute Gasteiger partial charge is 0.466 e. The lowest BCUT2D eigenvalue weighted by atomic mass is 10.0. The Morgan fingerprint density at radius 2 is 0.929 bits per heavy atom. The number of cyclic esters (lactones) is 1. The zero-order valence-electron chi connectivity index (χ0n) is 53.7. The fourth-order valence-electron chi connectivity index (χ4n) is 6.76. The number of hydrogen-bond acceptors (Lipinski definition) is 20. The van der Waals surface area contributed by atoms with Gasteiger partial charge in [-0.25, -0.2) is 9.59 Å². The summed E-state index contributed by atoms with van der Waals surface area (Å²) in [7, 11) is 0. The minimum Gasteiger partial charge on any atom is -0.466 e. The Kier molecular flexibility index (Phi) is 73.4. The van der Waals surface area contributed by atoms with Gasteiger partial charge in [0.15, 0.2) is 0 Å². The van der Waals surface area contributed by atoms with Crippen molar-refractivity contribution in [3.63, 3.8) is 0 Å². The average Bonchev–Trinajstić information content (AvgIpc) is 3.73. The van der Waals surface area contributed by atoms with Crippen molar-refractivity contribution >= 4 is 52.7 Å². The monoisotopic (exact) mass is 1230 g/mol. The van der Waals surface area contributed by atoms with E-state index < -0.39 is 47.7 Å². The Morgan fingerprint density at radius 1 is 0.536 bits per heavy atom. The predicted molar refractivity (Wildman–Crippen MR) is 331 cm³/mol. The van der Waals surface area contributed by atoms with Crippen LogP contribution in [-0.4, -0.2) is 171 Å². The molecular weight excluding hydrogens is 1110 g/mol. The number of carbonyl (C=O) groups excluding carboxylic acids is 7. The average molecular weight is 1230 g/mol. The molecule has 0 spiro atoms. The maximum absolute atomic E-state index is 11.8. The Labute approximate surface area is 511 Å². The third-order valence-electron chi connectivity index (χ3n) is 12.1. The van der Waals surface area contributed by atoms with E-state index in [-0.39, 0.29) is 74.7 Å². The van der Waals surface area contributed by atoms with Crippen LogP contribution in [0.2, 0.25) is 0 Å². The van der Waals surface area contributed by atoms with Gasteiger partial charge in [0, 0.05) is 76.7 Å². The van der Waals surface area contributed by atoms with E-state index in [1.54, 1.807) is 27.7 Å². The van der Waals surface area contributed by atoms with Crippen LogP contribution in [0.3, 0.4) is 0 Å². The van der Waals surface area contributed by atoms with Crippen LogP contribution < -0.4 is 0 Å². The lowest BCUT2D eigenvalue weighted by molar-refractivity contribution is -0.151. The van der Waals surface area contributed by atoms with Gasteiger partial charge in [0.05, 0.1) is 37.6 Å². The SMILES string of the molecule is C=CC(=O)Cl.C=CC(=O)OCCCCCC(=O)OC(C)CC(O)CC(CC)OC(=O)C=C.CCC(C)O.CCC(O)CC(C)OC(=O)CCCCCO.CCC(O)CC(C)OC(=O)CCCCCO.CCN(CC)CC.O=C1CCCCCO1. The number of aliphatic hydroxyl groups is 6. The van der Waals surface area contributed by atoms with Gasteiger partial charge in [-0.05, 0) is 155 Å². The van der Waals surface area contributed by atoms with Crippen LogP contribution in [0.25, 0.3) is 0 Å². The van der Waals surface area contributed by atoms with Crippen LogP contribution >= 0.6 is 11.6 Å². The summed E-state index contributed by atoms with van der Waals surface area (Å²) < 4.78 is 30.3. The summed E-state index contributed by atoms with van der Waals surface area (Å²) in [6.45, 7) is 35.8. The minimum atomic E-state index is -0.741. The molecule has 21 heteroatoms. The van der Waals surface area contributed by atoms with Gasteiger partial charge in [0.1, 0.15) is 24.4 Å². The van der Waals surface area contributed by atoms with E-state index in [9.17, 15) is 48.9 Å². The molecule has 8 unspecified atom stereocenters. The van der Waals surface area contributed by atoms with Crippen molar-refractivity contribution in [3.05, 3.63) is 38.0 Å². The maximum Gasteiger partial charge on any atom is 0.330 e. The summed E-state index contributed by atoms with van der Waals surface area (Å²) in [6, 6.07) is 0. The summed E-state index contributed by atoms with van der Waals surface area (Å²) in [5, 5.41) is 53.8. The Bertz CT molecular complexity index is 1560. The molecule has 20 nitrogen and oxygen atoms in total. The van der Waals surface area contributed by atoms with Crippen molar-refractivity contribution in [2.45, 2.75) is 279 Å². The van der Waals surface area contributed by atoms with E-state index in [1.807, 2.05) is 27.7 Å². The first kappa shape index (κ1) is 90.9. The number of hydrogen-bond donors (Lipinski definition) is 6. The predicted octanol–water partition coefficient (Wildman–Crippen LogP) is 10.3. The van der Waals surface area contributed by atoms with Crippen molar-refractivity contribution in [1.82, 2.24) is 4.90 Å². The number of ether oxygens (including phenoxy) is 6. The molecule has 1 fully saturated rings. The number of unbranched alkanes of at least 4 members (excludes halogenated alkanes) is 6. The van der Waals surface area contributed by atoms with Gasteiger partial charge in [-0.1, -0.05) is 81.0 Å². The fraction of sp³-hybridized carbons (Fsp3) is 0.794. The van der Waals surface area contributed by atoms with Crippen LogP contribution in [0.4, 0.5) is 0 Å². The lowest BCUT2D eigenvalue weighted by Crippen LogP contribution is -2.27. The molecule has 6 N–H and O–H groups in total. The van der Waals surface area contributed by atoms with Crippen molar-refractivity contribution in [2.75, 3.05) is 46.1 Å². The first-order chi connectivity index (χ1) is 39.8. The molecule has 1 saturated heterocycles. The summed E-state index contributed by atoms with van der Waals surface area (Å²) in [5.41, 5.74) is 0. The Hall–Kier alpha value is -4.28. The molecule has 496 valence electrons. The molecule has 0 aliphatic carbocycles. The molecule has 0 bridgehead atoms. The second kappa shape index (κ2) is 67.8. The van der Waals surface area contributed by atoms with Crippen LogP contribution in [0.5, 0.6) is 0 Å². The van der Waals surface area contributed by atoms with Gasteiger partial charge in [-0.2, -0.15) is 0 Å². The number of esters is 6. The van der Waals surface area contributed by atoms with Crippen molar-refractivity contribution < 1.29 is 92.6 Å². The molecule has 1 heterocycles. The molecule has 1 aliphatic rings. The molecule has 0 aromatic carbocycles. The van der Waals surface area contributed by atoms with Gasteiger partial charge < -0.3 is 64.0 Å². The summed E-state index contributed by atoms with van der Waals surface area (Å²) in [5.74, 6) is -1.76. The number of rotatable bonds is 38. The zero-order valence-corrected chi connectivity index (χ0v) is 54.5. The summed E-state index contributed by atoms with van der Waals surface area (Å²) >= 11 is 4.71. The molecular formula is C63H118ClNO19. The van der Waals surface area contributed by atoms with E-state index in [2.05, 4.69) is 45.4 Å². The molecule has 0 radical (unpaired) electrons. The van der Waals surface area contributed by atoms with E-state index in [0.29, 0.717) is 77.4 Å². The maximum atomic E-state index is 11.8. The zero-order chi connectivity index (χ0) is 65.5. The third kappa shape index (κ3) is 75.7. The first-order valence-electron chi connectivity index (χ1n) is 30.6. The summed E-state index contributed by atoms with van der Waals surface area (Å²) in [4.78, 5) is 78.8. The van der Waals surface area contributed by atoms with Crippen LogP contribution in [-0.2, 0) is 62.0 Å². The molecule has 84 heavy (non-hydrogen) atoms. The topological polar surface area (TPSA) is 299 Å². The molecule has 8 atom stereocenters. The van der Waals surface area contributed by atoms with E-state index in [4.69, 9.17) is 55.3 Å². The standard InChI is InChI=1S/C20H32O7.2C12H24O4.C6H15N.C6H10O2.C4H10O.C3H3ClO/c1-5-17(27-19(23)7-3)14-16(21)13-15(4)26-20(24)11-9-8-10-12-25-18(22)6-2;2*1-3-11(14)9-10(2)16-12(15)7-5-4-6-8-13;1-4-7(5-2)6-3;7-6-4-2-1-3-5-8-6;1-3-4(2)5;1-2-3(4)5/h6-7,15-17,21H,2-3,5,8-14H2,1,4H3;2*10-11,13-14H,3-9H2,1-2H3;4-6H2,1-3H3;1-5H2;4-5H,3H2,1-2H3;2H,1H2. The fourth-order valence-corrected chi connectivity index (χ4v) is 6.76. The lowest BCUT2D eigenvalue weighted by Gasteiger charge is -2.21. The summed E-state index contributed by atoms with van der Waals surface area (Å²) in [6.07, 6.45) is 16.3. The van der Waals surface area contributed by atoms with Crippen LogP contribution in [0.15, 0.2) is 38.0 Å². The van der Waals surface area contributed by atoms with E-state index in [0.717, 1.165) is 88.9 Å². The third-order valence-corrected chi connectivity index (χ3v) is 12.2. The molecule has 1 rings (SSSR count). The quantitative estimate of drug-likeness (QED) is 0.0110. The van der Waals surface area contributed by atoms with Crippen molar-refractivity contribution in [1.29, 1.82) is 0 Å². The van der Waals surface area contributed by atoms with E-state index >= 15 is 0 Å². The van der Waals surface area contributed by atoms with Gasteiger partial charge in [-0.3, -0.25) is 24.0 Å². The van der Waals surface area contributed by atoms with Gasteiger partial charge >= 0.3 is 35.8 Å². The highest BCUT2D eigenvalue weighted by Gasteiger charge is 2.20. The highest BCUT2D eigenvalue weighted by atomic mass is 35.5. The van der Waals surface area contributed by atoms with Crippen molar-refractivity contribution in [3.8, 4) is 0 Å². The molecule has 0 aromatic rings. The minimum absolute atomic E-state index is 0.0255. The van der Waals surface area contributed by atoms with Crippen LogP contribution in [0, 0.1) is 0 Å². The molecule has 0 amide bonds. The second-order valence-electron chi connectivity index (χ2n) is 20.0. The number of aliphatic hydroxyl groups excluding tert-OH is 6. The second-order valence-corrected chi connectivity index (χ2v) is 20.3. The van der Waals surface area contributed by atoms with Gasteiger partial charge in [0.2, 0.25) is 5.24 Å². The van der Waals surface area contributed by atoms with E-state index in [1.165, 1.54) is 19.6 Å². The number of nitrogens with zero attached hydrogens (tertiary/aromatic N) is 1. The van der Waals surface area contributed by atoms with Crippen molar-refractivity contribution in [2.24, 2.45) is 0 Å². The number of halogens is 1. The first-order valence-corrected chi connectivity index (χ1v) is 31.0. The molecule has 1 aliphatic heterocycles. The normalized spacial score (nSPS) is 14.2. The van der Waals surface area contributed by atoms with Gasteiger partial charge in [-0.15, -0.1) is 0 Å².